The van der Waals surface area contributed by atoms with Crippen LogP contribution in [-0.4, -0.2) is 50.0 Å². The summed E-state index contributed by atoms with van der Waals surface area (Å²) in [5, 5.41) is 6.28. The van der Waals surface area contributed by atoms with Crippen molar-refractivity contribution in [2.24, 2.45) is 5.92 Å². The molecule has 0 aliphatic carbocycles. The van der Waals surface area contributed by atoms with Gasteiger partial charge in [-0.05, 0) is 62.0 Å². The number of carbonyl (C=O) groups is 2. The summed E-state index contributed by atoms with van der Waals surface area (Å²) in [6.07, 6.45) is 0. The third-order valence-electron chi connectivity index (χ3n) is 4.51. The summed E-state index contributed by atoms with van der Waals surface area (Å²) in [5.74, 6) is 0.157. The Hall–Kier alpha value is -2.57. The van der Waals surface area contributed by atoms with Crippen molar-refractivity contribution >= 4 is 23.4 Å². The number of ether oxygens (including phenoxy) is 1. The summed E-state index contributed by atoms with van der Waals surface area (Å²) in [6.45, 7) is 5.56. The fourth-order valence-electron chi connectivity index (χ4n) is 2.75. The highest BCUT2D eigenvalue weighted by Gasteiger charge is 2.24. The molecule has 162 valence electrons. The lowest BCUT2D eigenvalue weighted by molar-refractivity contribution is -0.124. The van der Waals surface area contributed by atoms with Gasteiger partial charge in [-0.15, -0.1) is 0 Å². The minimum atomic E-state index is -0.646. The first-order valence-corrected chi connectivity index (χ1v) is 10.3. The summed E-state index contributed by atoms with van der Waals surface area (Å²) in [4.78, 5) is 27.3. The van der Waals surface area contributed by atoms with Gasteiger partial charge < -0.3 is 20.3 Å². The lowest BCUT2D eigenvalue weighted by Crippen LogP contribution is -2.49. The molecule has 2 aromatic carbocycles. The molecule has 0 saturated heterocycles. The molecule has 0 aliphatic heterocycles. The van der Waals surface area contributed by atoms with E-state index < -0.39 is 6.04 Å². The number of nitrogens with zero attached hydrogens (tertiary/aromatic N) is 1. The Morgan fingerprint density at radius 3 is 2.43 bits per heavy atom. The maximum Gasteiger partial charge on any atom is 0.251 e. The molecule has 0 bridgehead atoms. The topological polar surface area (TPSA) is 70.7 Å². The summed E-state index contributed by atoms with van der Waals surface area (Å²) in [7, 11) is 3.98. The van der Waals surface area contributed by atoms with Crippen molar-refractivity contribution < 1.29 is 14.3 Å². The Balaban J connectivity index is 1.93. The second kappa shape index (κ2) is 11.6. The number of halogens is 1. The molecular weight excluding hydrogens is 402 g/mol. The minimum absolute atomic E-state index is 0.0676. The van der Waals surface area contributed by atoms with Crippen LogP contribution in [0.2, 0.25) is 5.02 Å². The van der Waals surface area contributed by atoms with E-state index in [2.05, 4.69) is 15.5 Å². The molecule has 2 aromatic rings. The summed E-state index contributed by atoms with van der Waals surface area (Å²) >= 11 is 5.87. The molecule has 1 atom stereocenters. The SMILES string of the molecule is CC(C)C(NC(=O)c1ccc(Cl)cc1)C(=O)NCc1cccc(OCCN(C)C)c1. The van der Waals surface area contributed by atoms with Crippen molar-refractivity contribution in [3.8, 4) is 5.75 Å². The highest BCUT2D eigenvalue weighted by Crippen LogP contribution is 2.14. The van der Waals surface area contributed by atoms with Crippen molar-refractivity contribution in [2.45, 2.75) is 26.4 Å². The van der Waals surface area contributed by atoms with Gasteiger partial charge in [0.1, 0.15) is 18.4 Å². The number of benzene rings is 2. The van der Waals surface area contributed by atoms with Gasteiger partial charge in [-0.3, -0.25) is 9.59 Å². The van der Waals surface area contributed by atoms with E-state index in [4.69, 9.17) is 16.3 Å². The quantitative estimate of drug-likeness (QED) is 0.605. The first-order chi connectivity index (χ1) is 14.3. The van der Waals surface area contributed by atoms with Crippen molar-refractivity contribution in [3.63, 3.8) is 0 Å². The van der Waals surface area contributed by atoms with E-state index in [1.54, 1.807) is 24.3 Å². The Kier molecular flexibility index (Phi) is 9.15. The number of amides is 2. The first kappa shape index (κ1) is 23.7. The van der Waals surface area contributed by atoms with Crippen LogP contribution in [0, 0.1) is 5.92 Å². The van der Waals surface area contributed by atoms with Crippen LogP contribution in [0.3, 0.4) is 0 Å². The van der Waals surface area contributed by atoms with Crippen LogP contribution in [0.15, 0.2) is 48.5 Å². The summed E-state index contributed by atoms with van der Waals surface area (Å²) < 4.78 is 5.74. The second-order valence-corrected chi connectivity index (χ2v) is 8.16. The molecule has 0 aromatic heterocycles. The van der Waals surface area contributed by atoms with E-state index in [1.165, 1.54) is 0 Å². The molecule has 2 N–H and O–H groups in total. The molecule has 0 fully saturated rings. The smallest absolute Gasteiger partial charge is 0.251 e. The van der Waals surface area contributed by atoms with Crippen LogP contribution in [0.1, 0.15) is 29.8 Å². The van der Waals surface area contributed by atoms with Crippen LogP contribution in [-0.2, 0) is 11.3 Å². The zero-order valence-corrected chi connectivity index (χ0v) is 18.7. The predicted octanol–water partition coefficient (Wildman–Crippen LogP) is 3.35. The zero-order valence-electron chi connectivity index (χ0n) is 17.9. The maximum absolute atomic E-state index is 12.7. The standard InChI is InChI=1S/C23H30ClN3O3/c1-16(2)21(26-22(28)18-8-10-19(24)11-9-18)23(29)25-15-17-6-5-7-20(14-17)30-13-12-27(3)4/h5-11,14,16,21H,12-13,15H2,1-4H3,(H,25,29)(H,26,28). The van der Waals surface area contributed by atoms with Gasteiger partial charge in [0.05, 0.1) is 0 Å². The van der Waals surface area contributed by atoms with Gasteiger partial charge in [0.15, 0.2) is 0 Å². The molecule has 0 saturated carbocycles. The Bertz CT molecular complexity index is 838. The highest BCUT2D eigenvalue weighted by atomic mass is 35.5. The third-order valence-corrected chi connectivity index (χ3v) is 4.77. The number of nitrogens with one attached hydrogen (secondary N) is 2. The van der Waals surface area contributed by atoms with E-state index in [9.17, 15) is 9.59 Å². The third kappa shape index (κ3) is 7.69. The van der Waals surface area contributed by atoms with Gasteiger partial charge in [0.2, 0.25) is 5.91 Å². The van der Waals surface area contributed by atoms with Crippen LogP contribution in [0.25, 0.3) is 0 Å². The van der Waals surface area contributed by atoms with E-state index >= 15 is 0 Å². The van der Waals surface area contributed by atoms with Crippen molar-refractivity contribution in [1.82, 2.24) is 15.5 Å². The van der Waals surface area contributed by atoms with E-state index in [1.807, 2.05) is 52.2 Å². The average molecular weight is 432 g/mol. The number of carbonyl (C=O) groups excluding carboxylic acids is 2. The molecule has 0 aliphatic rings. The average Bonchev–Trinajstić information content (AvgIpc) is 2.70. The fraction of sp³-hybridized carbons (Fsp3) is 0.391. The summed E-state index contributed by atoms with van der Waals surface area (Å²) in [5.41, 5.74) is 1.39. The monoisotopic (exact) mass is 431 g/mol. The van der Waals surface area contributed by atoms with Gasteiger partial charge in [0.25, 0.3) is 5.91 Å². The van der Waals surface area contributed by atoms with Crippen LogP contribution in [0.4, 0.5) is 0 Å². The molecule has 2 rings (SSSR count). The lowest BCUT2D eigenvalue weighted by Gasteiger charge is -2.22. The van der Waals surface area contributed by atoms with Crippen molar-refractivity contribution in [3.05, 3.63) is 64.7 Å². The Morgan fingerprint density at radius 1 is 1.10 bits per heavy atom. The molecule has 0 radical (unpaired) electrons. The Morgan fingerprint density at radius 2 is 1.80 bits per heavy atom. The fourth-order valence-corrected chi connectivity index (χ4v) is 2.88. The summed E-state index contributed by atoms with van der Waals surface area (Å²) in [6, 6.07) is 13.5. The number of rotatable bonds is 10. The zero-order chi connectivity index (χ0) is 22.1. The van der Waals surface area contributed by atoms with Gasteiger partial charge in [-0.25, -0.2) is 0 Å². The number of hydrogen-bond donors (Lipinski definition) is 2. The largest absolute Gasteiger partial charge is 0.492 e. The van der Waals surface area contributed by atoms with Gasteiger partial charge >= 0.3 is 0 Å². The van der Waals surface area contributed by atoms with Gasteiger partial charge in [-0.1, -0.05) is 37.6 Å². The van der Waals surface area contributed by atoms with E-state index in [-0.39, 0.29) is 17.7 Å². The molecule has 0 spiro atoms. The molecule has 6 nitrogen and oxygen atoms in total. The number of hydrogen-bond acceptors (Lipinski definition) is 4. The maximum atomic E-state index is 12.7. The molecule has 30 heavy (non-hydrogen) atoms. The predicted molar refractivity (Wildman–Crippen MR) is 120 cm³/mol. The van der Waals surface area contributed by atoms with Crippen LogP contribution < -0.4 is 15.4 Å². The minimum Gasteiger partial charge on any atom is -0.492 e. The van der Waals surface area contributed by atoms with Crippen LogP contribution >= 0.6 is 11.6 Å². The van der Waals surface area contributed by atoms with Gasteiger partial charge in [-0.2, -0.15) is 0 Å². The lowest BCUT2D eigenvalue weighted by atomic mass is 10.0. The first-order valence-electron chi connectivity index (χ1n) is 9.97. The molecule has 2 amide bonds. The van der Waals surface area contributed by atoms with Crippen molar-refractivity contribution in [1.29, 1.82) is 0 Å². The van der Waals surface area contributed by atoms with E-state index in [0.29, 0.717) is 23.7 Å². The molecule has 7 heteroatoms. The highest BCUT2D eigenvalue weighted by molar-refractivity contribution is 6.30. The molecule has 0 heterocycles. The number of likely N-dealkylation sites (N-methyl/N-ethyl adjacent to an activating group) is 1. The molecular formula is C23H30ClN3O3. The normalized spacial score (nSPS) is 12.0. The van der Waals surface area contributed by atoms with Crippen molar-refractivity contribution in [2.75, 3.05) is 27.2 Å². The second-order valence-electron chi connectivity index (χ2n) is 7.72. The van der Waals surface area contributed by atoms with Gasteiger partial charge in [0, 0.05) is 23.7 Å². The molecule has 1 unspecified atom stereocenters. The van der Waals surface area contributed by atoms with E-state index in [0.717, 1.165) is 17.9 Å². The van der Waals surface area contributed by atoms with Crippen LogP contribution in [0.5, 0.6) is 5.75 Å². The Labute approximate surface area is 183 Å².